The average molecular weight is 171 g/mol. The number of nitrogens with one attached hydrogen (secondary N) is 1. The largest absolute Gasteiger partial charge is 0.311 e. The summed E-state index contributed by atoms with van der Waals surface area (Å²) >= 11 is 0. The minimum Gasteiger partial charge on any atom is -0.311 e. The van der Waals surface area contributed by atoms with E-state index in [4.69, 9.17) is 21.0 Å². The van der Waals surface area contributed by atoms with E-state index in [-0.39, 0.29) is 13.1 Å². The Morgan fingerprint density at radius 1 is 0.769 bits per heavy atom. The van der Waals surface area contributed by atoms with Gasteiger partial charge in [0.05, 0.1) is 24.3 Å². The van der Waals surface area contributed by atoms with Crippen LogP contribution in [0.1, 0.15) is 0 Å². The van der Waals surface area contributed by atoms with Crippen LogP contribution in [0.15, 0.2) is 0 Å². The highest BCUT2D eigenvalue weighted by molar-refractivity contribution is 5.38. The Labute approximate surface area is 75.4 Å². The molecule has 0 saturated carbocycles. The number of hydrogen-bond donors (Lipinski definition) is 1. The highest BCUT2D eigenvalue weighted by Gasteiger charge is 2.58. The highest BCUT2D eigenvalue weighted by atomic mass is 15.0. The molecule has 0 bridgehead atoms. The molecule has 1 aliphatic heterocycles. The normalized spacial score (nSPS) is 21.8. The summed E-state index contributed by atoms with van der Waals surface area (Å²) in [5.74, 6) is 0. The molecule has 0 atom stereocenters. The van der Waals surface area contributed by atoms with E-state index in [0.29, 0.717) is 0 Å². The number of nitrogens with zero attached hydrogens (tertiary/aromatic N) is 4. The van der Waals surface area contributed by atoms with Crippen LogP contribution in [0.25, 0.3) is 0 Å². The lowest BCUT2D eigenvalue weighted by atomic mass is 9.69. The molecule has 1 aliphatic rings. The van der Waals surface area contributed by atoms with E-state index < -0.39 is 10.8 Å². The van der Waals surface area contributed by atoms with Crippen LogP contribution in [0.3, 0.4) is 0 Å². The zero-order valence-electron chi connectivity index (χ0n) is 6.70. The summed E-state index contributed by atoms with van der Waals surface area (Å²) in [5, 5.41) is 37.9. The van der Waals surface area contributed by atoms with Crippen LogP contribution >= 0.6 is 0 Å². The Balaban J connectivity index is 3.32. The van der Waals surface area contributed by atoms with Crippen molar-refractivity contribution in [3.63, 3.8) is 0 Å². The van der Waals surface area contributed by atoms with Crippen LogP contribution in [0.5, 0.6) is 0 Å². The van der Waals surface area contributed by atoms with Crippen LogP contribution in [-0.2, 0) is 0 Å². The van der Waals surface area contributed by atoms with Crippen LogP contribution in [0.2, 0.25) is 0 Å². The third-order valence-electron chi connectivity index (χ3n) is 2.27. The number of hydrogen-bond acceptors (Lipinski definition) is 5. The van der Waals surface area contributed by atoms with Gasteiger partial charge in [-0.2, -0.15) is 21.0 Å². The van der Waals surface area contributed by atoms with E-state index in [0.717, 1.165) is 0 Å². The fourth-order valence-electron chi connectivity index (χ4n) is 1.33. The predicted octanol–water partition coefficient (Wildman–Crippen LogP) is -0.343. The van der Waals surface area contributed by atoms with Crippen LogP contribution in [0.4, 0.5) is 0 Å². The van der Waals surface area contributed by atoms with Crippen molar-refractivity contribution >= 4 is 0 Å². The molecule has 1 rings (SSSR count). The third-order valence-corrected chi connectivity index (χ3v) is 2.27. The Morgan fingerprint density at radius 2 is 1.08 bits per heavy atom. The number of nitriles is 4. The summed E-state index contributed by atoms with van der Waals surface area (Å²) in [7, 11) is 0. The number of rotatable bonds is 0. The molecule has 0 aromatic rings. The van der Waals surface area contributed by atoms with Crippen molar-refractivity contribution < 1.29 is 0 Å². The molecule has 0 spiro atoms. The molecule has 5 nitrogen and oxygen atoms in total. The first kappa shape index (κ1) is 9.01. The van der Waals surface area contributed by atoms with Crippen molar-refractivity contribution in [1.82, 2.24) is 5.32 Å². The third kappa shape index (κ3) is 0.859. The van der Waals surface area contributed by atoms with Crippen molar-refractivity contribution in [3.05, 3.63) is 0 Å². The Hall–Kier alpha value is -2.08. The molecule has 1 N–H and O–H groups in total. The maximum absolute atomic E-state index is 8.80. The van der Waals surface area contributed by atoms with Gasteiger partial charge in [-0.25, -0.2) is 0 Å². The molecule has 0 unspecified atom stereocenters. The summed E-state index contributed by atoms with van der Waals surface area (Å²) in [6.45, 7) is 0.141. The average Bonchev–Trinajstić information content (AvgIpc) is 2.57. The second kappa shape index (κ2) is 2.76. The van der Waals surface area contributed by atoms with Crippen LogP contribution in [-0.4, -0.2) is 13.1 Å². The summed E-state index contributed by atoms with van der Waals surface area (Å²) < 4.78 is 0. The fourth-order valence-corrected chi connectivity index (χ4v) is 1.33. The molecule has 1 fully saturated rings. The highest BCUT2D eigenvalue weighted by Crippen LogP contribution is 2.40. The molecular weight excluding hydrogens is 166 g/mol. The maximum atomic E-state index is 8.80. The molecule has 0 amide bonds. The molecule has 5 heteroatoms. The van der Waals surface area contributed by atoms with Crippen LogP contribution in [0, 0.1) is 56.2 Å². The minimum atomic E-state index is -1.53. The second-order valence-electron chi connectivity index (χ2n) is 2.86. The Morgan fingerprint density at radius 3 is 1.31 bits per heavy atom. The summed E-state index contributed by atoms with van der Waals surface area (Å²) in [6.07, 6.45) is 0. The van der Waals surface area contributed by atoms with Gasteiger partial charge in [-0.3, -0.25) is 0 Å². The smallest absolute Gasteiger partial charge is 0.188 e. The van der Waals surface area contributed by atoms with Gasteiger partial charge in [-0.05, 0) is 0 Å². The SMILES string of the molecule is N#CC1(C#N)CNCC1(C#N)C#N. The van der Waals surface area contributed by atoms with E-state index in [1.165, 1.54) is 0 Å². The Bertz CT molecular complexity index is 317. The lowest BCUT2D eigenvalue weighted by Crippen LogP contribution is -2.36. The summed E-state index contributed by atoms with van der Waals surface area (Å²) in [4.78, 5) is 0. The van der Waals surface area contributed by atoms with E-state index in [1.54, 1.807) is 24.3 Å². The van der Waals surface area contributed by atoms with Gasteiger partial charge >= 0.3 is 0 Å². The standard InChI is InChI=1S/C8H5N5/c9-1-7(2-10)5-13-6-8(7,3-11)4-12/h13H,5-6H2. The lowest BCUT2D eigenvalue weighted by Gasteiger charge is -2.20. The van der Waals surface area contributed by atoms with Gasteiger partial charge in [0, 0.05) is 13.1 Å². The second-order valence-corrected chi connectivity index (χ2v) is 2.86. The van der Waals surface area contributed by atoms with Gasteiger partial charge in [-0.1, -0.05) is 0 Å². The van der Waals surface area contributed by atoms with E-state index in [9.17, 15) is 0 Å². The van der Waals surface area contributed by atoms with Gasteiger partial charge in [0.15, 0.2) is 10.8 Å². The lowest BCUT2D eigenvalue weighted by molar-refractivity contribution is 0.394. The van der Waals surface area contributed by atoms with Gasteiger partial charge in [0.1, 0.15) is 0 Å². The predicted molar refractivity (Wildman–Crippen MR) is 40.2 cm³/mol. The molecule has 0 aromatic heterocycles. The molecule has 0 radical (unpaired) electrons. The first-order valence-corrected chi connectivity index (χ1v) is 3.56. The zero-order chi connectivity index (χ0) is 9.95. The van der Waals surface area contributed by atoms with Gasteiger partial charge < -0.3 is 5.32 Å². The monoisotopic (exact) mass is 171 g/mol. The quantitative estimate of drug-likeness (QED) is 0.536. The first-order valence-electron chi connectivity index (χ1n) is 3.56. The van der Waals surface area contributed by atoms with Crippen LogP contribution < -0.4 is 5.32 Å². The topological polar surface area (TPSA) is 107 Å². The van der Waals surface area contributed by atoms with Crippen molar-refractivity contribution in [2.24, 2.45) is 10.8 Å². The molecule has 62 valence electrons. The molecule has 0 aromatic carbocycles. The van der Waals surface area contributed by atoms with Crippen molar-refractivity contribution in [2.75, 3.05) is 13.1 Å². The Kier molecular flexibility index (Phi) is 1.91. The minimum absolute atomic E-state index is 0.0706. The van der Waals surface area contributed by atoms with Crippen molar-refractivity contribution in [1.29, 1.82) is 21.0 Å². The molecular formula is C8H5N5. The molecule has 1 saturated heterocycles. The first-order chi connectivity index (χ1) is 6.20. The molecule has 13 heavy (non-hydrogen) atoms. The zero-order valence-corrected chi connectivity index (χ0v) is 6.70. The molecule has 0 aliphatic carbocycles. The summed E-state index contributed by atoms with van der Waals surface area (Å²) in [5.41, 5.74) is -3.06. The van der Waals surface area contributed by atoms with Crippen molar-refractivity contribution in [3.8, 4) is 24.3 Å². The van der Waals surface area contributed by atoms with Crippen molar-refractivity contribution in [2.45, 2.75) is 0 Å². The van der Waals surface area contributed by atoms with E-state index in [2.05, 4.69) is 5.32 Å². The van der Waals surface area contributed by atoms with Gasteiger partial charge in [0.2, 0.25) is 0 Å². The maximum Gasteiger partial charge on any atom is 0.188 e. The van der Waals surface area contributed by atoms with E-state index >= 15 is 0 Å². The van der Waals surface area contributed by atoms with Gasteiger partial charge in [-0.15, -0.1) is 0 Å². The van der Waals surface area contributed by atoms with Gasteiger partial charge in [0.25, 0.3) is 0 Å². The summed E-state index contributed by atoms with van der Waals surface area (Å²) in [6, 6.07) is 7.00. The van der Waals surface area contributed by atoms with E-state index in [1.807, 2.05) is 0 Å². The fraction of sp³-hybridized carbons (Fsp3) is 0.500. The molecule has 1 heterocycles.